The predicted molar refractivity (Wildman–Crippen MR) is 53.4 cm³/mol. The van der Waals surface area contributed by atoms with Crippen LogP contribution in [0.5, 0.6) is 0 Å². The highest BCUT2D eigenvalue weighted by Gasteiger charge is 2.27. The van der Waals surface area contributed by atoms with Crippen molar-refractivity contribution >= 4 is 17.2 Å². The molecule has 1 amide bonds. The summed E-state index contributed by atoms with van der Waals surface area (Å²) in [5.74, 6) is 0.0193. The Hall–Kier alpha value is -0.940. The molecule has 0 N–H and O–H groups in total. The number of methoxy groups -OCH3 is 1. The number of hydrogen-bond acceptors (Lipinski definition) is 4. The molecule has 1 atom stereocenters. The second-order valence-corrected chi connectivity index (χ2v) is 3.99. The number of carbonyl (C=O) groups excluding carboxylic acids is 1. The number of hydrogen-bond donors (Lipinski definition) is 0. The number of rotatable bonds is 2. The summed E-state index contributed by atoms with van der Waals surface area (Å²) in [5.41, 5.74) is 2.23. The smallest absolute Gasteiger partial charge is 0.273 e. The van der Waals surface area contributed by atoms with Crippen molar-refractivity contribution in [3.63, 3.8) is 0 Å². The van der Waals surface area contributed by atoms with Crippen molar-refractivity contribution in [3.05, 3.63) is 16.6 Å². The van der Waals surface area contributed by atoms with Crippen LogP contribution < -0.4 is 0 Å². The second kappa shape index (κ2) is 4.06. The summed E-state index contributed by atoms with van der Waals surface area (Å²) in [4.78, 5) is 17.6. The fraction of sp³-hybridized carbons (Fsp3) is 0.556. The number of thiazole rings is 1. The van der Waals surface area contributed by atoms with Crippen molar-refractivity contribution in [3.8, 4) is 0 Å². The normalized spacial score (nSPS) is 21.5. The summed E-state index contributed by atoms with van der Waals surface area (Å²) >= 11 is 1.44. The van der Waals surface area contributed by atoms with Crippen LogP contribution in [0.2, 0.25) is 0 Å². The Kier molecular flexibility index (Phi) is 2.79. The van der Waals surface area contributed by atoms with E-state index < -0.39 is 0 Å². The van der Waals surface area contributed by atoms with Crippen LogP contribution in [0.3, 0.4) is 0 Å². The van der Waals surface area contributed by atoms with E-state index >= 15 is 0 Å². The van der Waals surface area contributed by atoms with E-state index in [0.717, 1.165) is 13.0 Å². The highest BCUT2D eigenvalue weighted by atomic mass is 32.1. The van der Waals surface area contributed by atoms with Crippen molar-refractivity contribution in [2.75, 3.05) is 20.2 Å². The Bertz CT molecular complexity index is 313. The number of likely N-dealkylation sites (tertiary alicyclic amines) is 1. The average Bonchev–Trinajstić information content (AvgIpc) is 2.88. The molecule has 0 aliphatic carbocycles. The molecule has 0 saturated carbocycles. The van der Waals surface area contributed by atoms with Crippen molar-refractivity contribution in [2.45, 2.75) is 12.5 Å². The molecule has 1 aliphatic rings. The number of aromatic nitrogens is 1. The maximum absolute atomic E-state index is 11.8. The van der Waals surface area contributed by atoms with Gasteiger partial charge in [0, 0.05) is 25.6 Å². The maximum atomic E-state index is 11.8. The van der Waals surface area contributed by atoms with Crippen LogP contribution in [0.1, 0.15) is 16.9 Å². The third-order valence-electron chi connectivity index (χ3n) is 2.42. The molecule has 1 fully saturated rings. The van der Waals surface area contributed by atoms with Gasteiger partial charge in [0.25, 0.3) is 5.91 Å². The Balaban J connectivity index is 2.00. The molecule has 2 rings (SSSR count). The Morgan fingerprint density at radius 3 is 3.21 bits per heavy atom. The average molecular weight is 212 g/mol. The minimum atomic E-state index is 0.0193. The van der Waals surface area contributed by atoms with E-state index in [2.05, 4.69) is 4.98 Å². The predicted octanol–water partition coefficient (Wildman–Crippen LogP) is 1.00. The fourth-order valence-corrected chi connectivity index (χ4v) is 2.11. The van der Waals surface area contributed by atoms with E-state index in [4.69, 9.17) is 4.74 Å². The van der Waals surface area contributed by atoms with E-state index in [1.165, 1.54) is 11.3 Å². The van der Waals surface area contributed by atoms with Crippen molar-refractivity contribution < 1.29 is 9.53 Å². The minimum absolute atomic E-state index is 0.0193. The number of amides is 1. The van der Waals surface area contributed by atoms with Crippen LogP contribution in [-0.2, 0) is 4.74 Å². The maximum Gasteiger partial charge on any atom is 0.273 e. The third kappa shape index (κ3) is 1.78. The Morgan fingerprint density at radius 2 is 2.64 bits per heavy atom. The van der Waals surface area contributed by atoms with Gasteiger partial charge < -0.3 is 9.64 Å². The monoisotopic (exact) mass is 212 g/mol. The number of carbonyl (C=O) groups is 1. The van der Waals surface area contributed by atoms with Gasteiger partial charge in [0.15, 0.2) is 0 Å². The molecule has 1 aromatic rings. The Labute approximate surface area is 86.5 Å². The van der Waals surface area contributed by atoms with E-state index in [1.807, 2.05) is 0 Å². The highest BCUT2D eigenvalue weighted by molar-refractivity contribution is 7.07. The summed E-state index contributed by atoms with van der Waals surface area (Å²) in [6, 6.07) is 0. The molecule has 2 heterocycles. The van der Waals surface area contributed by atoms with Crippen molar-refractivity contribution in [2.24, 2.45) is 0 Å². The molecule has 0 bridgehead atoms. The third-order valence-corrected chi connectivity index (χ3v) is 3.00. The van der Waals surface area contributed by atoms with Gasteiger partial charge in [-0.15, -0.1) is 11.3 Å². The highest BCUT2D eigenvalue weighted by Crippen LogP contribution is 2.15. The molecule has 1 aliphatic heterocycles. The second-order valence-electron chi connectivity index (χ2n) is 3.27. The van der Waals surface area contributed by atoms with Gasteiger partial charge in [-0.05, 0) is 6.42 Å². The first-order valence-corrected chi connectivity index (χ1v) is 5.46. The molecular weight excluding hydrogens is 200 g/mol. The van der Waals surface area contributed by atoms with Gasteiger partial charge in [0.1, 0.15) is 5.69 Å². The lowest BCUT2D eigenvalue weighted by Crippen LogP contribution is -2.30. The first-order chi connectivity index (χ1) is 6.81. The van der Waals surface area contributed by atoms with Gasteiger partial charge in [0.05, 0.1) is 11.6 Å². The van der Waals surface area contributed by atoms with Crippen LogP contribution in [0.15, 0.2) is 10.9 Å². The van der Waals surface area contributed by atoms with Gasteiger partial charge in [-0.3, -0.25) is 4.79 Å². The van der Waals surface area contributed by atoms with Crippen LogP contribution in [0, 0.1) is 0 Å². The van der Waals surface area contributed by atoms with Crippen molar-refractivity contribution in [1.82, 2.24) is 9.88 Å². The van der Waals surface area contributed by atoms with Gasteiger partial charge >= 0.3 is 0 Å². The van der Waals surface area contributed by atoms with Gasteiger partial charge in [-0.25, -0.2) is 4.98 Å². The van der Waals surface area contributed by atoms with Crippen LogP contribution >= 0.6 is 11.3 Å². The number of nitrogens with zero attached hydrogens (tertiary/aromatic N) is 2. The lowest BCUT2D eigenvalue weighted by Gasteiger charge is -2.14. The molecule has 1 unspecified atom stereocenters. The van der Waals surface area contributed by atoms with Crippen LogP contribution in [-0.4, -0.2) is 42.1 Å². The summed E-state index contributed by atoms with van der Waals surface area (Å²) in [6.45, 7) is 1.46. The molecule has 4 nitrogen and oxygen atoms in total. The zero-order valence-electron chi connectivity index (χ0n) is 7.97. The van der Waals surface area contributed by atoms with E-state index in [-0.39, 0.29) is 12.0 Å². The molecule has 0 spiro atoms. The quantitative estimate of drug-likeness (QED) is 0.734. The Morgan fingerprint density at radius 1 is 1.79 bits per heavy atom. The summed E-state index contributed by atoms with van der Waals surface area (Å²) in [5, 5.41) is 1.78. The van der Waals surface area contributed by atoms with Crippen molar-refractivity contribution in [1.29, 1.82) is 0 Å². The van der Waals surface area contributed by atoms with E-state index in [9.17, 15) is 4.79 Å². The first kappa shape index (κ1) is 9.61. The zero-order valence-corrected chi connectivity index (χ0v) is 8.79. The lowest BCUT2D eigenvalue weighted by molar-refractivity contribution is 0.0719. The van der Waals surface area contributed by atoms with E-state index in [0.29, 0.717) is 12.2 Å². The minimum Gasteiger partial charge on any atom is -0.380 e. The SMILES string of the molecule is COC1CCN(C(=O)c2cscn2)C1. The molecule has 0 aromatic carbocycles. The molecule has 5 heteroatoms. The fourth-order valence-electron chi connectivity index (χ4n) is 1.59. The number of ether oxygens (including phenoxy) is 1. The largest absolute Gasteiger partial charge is 0.380 e. The molecule has 76 valence electrons. The first-order valence-electron chi connectivity index (χ1n) is 4.51. The molecule has 0 radical (unpaired) electrons. The molecule has 14 heavy (non-hydrogen) atoms. The van der Waals surface area contributed by atoms with E-state index in [1.54, 1.807) is 22.9 Å². The topological polar surface area (TPSA) is 42.4 Å². The molecule has 1 saturated heterocycles. The lowest BCUT2D eigenvalue weighted by atomic mass is 10.3. The molecule has 1 aromatic heterocycles. The van der Waals surface area contributed by atoms with Gasteiger partial charge in [-0.2, -0.15) is 0 Å². The van der Waals surface area contributed by atoms with Gasteiger partial charge in [-0.1, -0.05) is 0 Å². The standard InChI is InChI=1S/C9H12N2O2S/c1-13-7-2-3-11(4-7)9(12)8-5-14-6-10-8/h5-7H,2-4H2,1H3. The summed E-state index contributed by atoms with van der Waals surface area (Å²) in [6.07, 6.45) is 1.12. The molecular formula is C9H12N2O2S. The summed E-state index contributed by atoms with van der Waals surface area (Å²) in [7, 11) is 1.68. The summed E-state index contributed by atoms with van der Waals surface area (Å²) < 4.78 is 5.20. The zero-order chi connectivity index (χ0) is 9.97. The van der Waals surface area contributed by atoms with Gasteiger partial charge in [0.2, 0.25) is 0 Å². The van der Waals surface area contributed by atoms with Crippen LogP contribution in [0.25, 0.3) is 0 Å². The van der Waals surface area contributed by atoms with Crippen LogP contribution in [0.4, 0.5) is 0 Å².